The Labute approximate surface area is 248 Å². The molecule has 228 valence electrons. The molecule has 3 aliphatic rings. The topological polar surface area (TPSA) is 188 Å². The van der Waals surface area contributed by atoms with E-state index in [-0.39, 0.29) is 49.5 Å². The average Bonchev–Trinajstić information content (AvgIpc) is 3.78. The summed E-state index contributed by atoms with van der Waals surface area (Å²) < 4.78 is 26.3. The predicted octanol–water partition coefficient (Wildman–Crippen LogP) is 4.02. The highest BCUT2D eigenvalue weighted by molar-refractivity contribution is 6.33. The van der Waals surface area contributed by atoms with Gasteiger partial charge in [0.05, 0.1) is 25.9 Å². The SMILES string of the molecule is C.CC[C@@H]1OC[C@H](n2cnc3c(Cl)nc(N)nc32)O1.CC[C@@H]1OC[C@H](n2cnc3c(NC4CCCC4)nc(N)nc32)O1. The molecule has 42 heavy (non-hydrogen) atoms. The third kappa shape index (κ3) is 6.06. The fourth-order valence-corrected chi connectivity index (χ4v) is 5.44. The highest BCUT2D eigenvalue weighted by Gasteiger charge is 2.29. The van der Waals surface area contributed by atoms with E-state index in [9.17, 15) is 0 Å². The van der Waals surface area contributed by atoms with Crippen LogP contribution in [0.5, 0.6) is 0 Å². The molecule has 5 N–H and O–H groups in total. The number of hydrogen-bond donors (Lipinski definition) is 3. The van der Waals surface area contributed by atoms with Gasteiger partial charge in [0.1, 0.15) is 5.52 Å². The van der Waals surface area contributed by atoms with Gasteiger partial charge >= 0.3 is 0 Å². The molecule has 1 saturated carbocycles. The first kappa shape index (κ1) is 30.1. The standard InChI is InChI=1S/C15H22N6O2.C10H12ClN5O2.CH4/c1-2-11-22-7-10(23-11)21-8-17-12-13(18-9-5-3-4-6-9)19-15(16)20-14(12)21;1-2-6-17-3-5(18-6)16-4-13-7-8(11)14-10(12)15-9(7)16;/h8-11H,2-7H2,1H3,(H3,16,18,19,20);4-6H,2-3H2,1H3,(H2,12,14,15);1H4/t10-,11-;5-,6-;/m11./s1. The van der Waals surface area contributed by atoms with Crippen molar-refractivity contribution in [3.05, 3.63) is 17.8 Å². The van der Waals surface area contributed by atoms with Crippen LogP contribution in [0.3, 0.4) is 0 Å². The molecule has 3 fully saturated rings. The lowest BCUT2D eigenvalue weighted by molar-refractivity contribution is -0.0718. The zero-order chi connectivity index (χ0) is 28.5. The van der Waals surface area contributed by atoms with Crippen molar-refractivity contribution in [1.29, 1.82) is 0 Å². The van der Waals surface area contributed by atoms with E-state index in [4.69, 9.17) is 42.0 Å². The molecule has 0 unspecified atom stereocenters. The predicted molar refractivity (Wildman–Crippen MR) is 157 cm³/mol. The minimum Gasteiger partial charge on any atom is -0.368 e. The van der Waals surface area contributed by atoms with Crippen LogP contribution in [0.2, 0.25) is 5.15 Å². The molecule has 2 saturated heterocycles. The molecule has 4 atom stereocenters. The summed E-state index contributed by atoms with van der Waals surface area (Å²) in [4.78, 5) is 25.3. The van der Waals surface area contributed by atoms with Crippen LogP contribution in [-0.4, -0.2) is 70.9 Å². The Kier molecular flexibility index (Phi) is 9.22. The second kappa shape index (κ2) is 12.9. The molecule has 2 aliphatic heterocycles. The Morgan fingerprint density at radius 3 is 1.90 bits per heavy atom. The van der Waals surface area contributed by atoms with Crippen molar-refractivity contribution in [2.75, 3.05) is 30.0 Å². The Balaban J connectivity index is 0.000000169. The third-order valence-electron chi connectivity index (χ3n) is 7.29. The second-order valence-corrected chi connectivity index (χ2v) is 10.5. The molecule has 0 radical (unpaired) electrons. The average molecular weight is 604 g/mol. The fourth-order valence-electron chi connectivity index (χ4n) is 5.22. The monoisotopic (exact) mass is 603 g/mol. The Morgan fingerprint density at radius 2 is 1.36 bits per heavy atom. The Morgan fingerprint density at radius 1 is 0.833 bits per heavy atom. The molecular formula is C26H38ClN11O4. The minimum atomic E-state index is -0.259. The number of nitrogen functional groups attached to an aromatic ring is 2. The molecule has 0 amide bonds. The largest absolute Gasteiger partial charge is 0.368 e. The van der Waals surface area contributed by atoms with Crippen LogP contribution in [0, 0.1) is 0 Å². The lowest BCUT2D eigenvalue weighted by atomic mass is 10.2. The molecule has 4 aromatic rings. The van der Waals surface area contributed by atoms with Gasteiger partial charge in [-0.2, -0.15) is 19.9 Å². The molecule has 1 aliphatic carbocycles. The van der Waals surface area contributed by atoms with Crippen LogP contribution in [0.15, 0.2) is 12.7 Å². The number of nitrogens with two attached hydrogens (primary N) is 2. The first-order valence-corrected chi connectivity index (χ1v) is 14.3. The fraction of sp³-hybridized carbons (Fsp3) is 0.615. The summed E-state index contributed by atoms with van der Waals surface area (Å²) in [6.07, 6.45) is 8.91. The molecule has 6 heterocycles. The van der Waals surface area contributed by atoms with Crippen molar-refractivity contribution in [3.63, 3.8) is 0 Å². The quantitative estimate of drug-likeness (QED) is 0.268. The molecule has 0 aromatic carbocycles. The summed E-state index contributed by atoms with van der Waals surface area (Å²) in [7, 11) is 0. The van der Waals surface area contributed by atoms with E-state index in [0.29, 0.717) is 41.9 Å². The number of aromatic nitrogens is 8. The summed E-state index contributed by atoms with van der Waals surface area (Å²) >= 11 is 5.96. The number of nitrogens with one attached hydrogen (secondary N) is 1. The molecule has 16 heteroatoms. The number of anilines is 3. The van der Waals surface area contributed by atoms with Gasteiger partial charge in [-0.05, 0) is 25.7 Å². The highest BCUT2D eigenvalue weighted by atomic mass is 35.5. The summed E-state index contributed by atoms with van der Waals surface area (Å²) in [6.45, 7) is 4.96. The van der Waals surface area contributed by atoms with E-state index >= 15 is 0 Å². The summed E-state index contributed by atoms with van der Waals surface area (Å²) in [5.41, 5.74) is 14.0. The van der Waals surface area contributed by atoms with E-state index in [0.717, 1.165) is 31.2 Å². The number of rotatable bonds is 6. The number of fused-ring (bicyclic) bond motifs is 2. The number of nitrogens with zero attached hydrogens (tertiary/aromatic N) is 8. The summed E-state index contributed by atoms with van der Waals surface area (Å²) in [5.74, 6) is 1.06. The summed E-state index contributed by atoms with van der Waals surface area (Å²) in [5, 5.41) is 3.71. The lowest BCUT2D eigenvalue weighted by Crippen LogP contribution is -2.17. The van der Waals surface area contributed by atoms with Gasteiger partial charge in [-0.25, -0.2) is 9.97 Å². The number of halogens is 1. The van der Waals surface area contributed by atoms with E-state index < -0.39 is 0 Å². The van der Waals surface area contributed by atoms with Gasteiger partial charge in [-0.1, -0.05) is 45.7 Å². The van der Waals surface area contributed by atoms with Crippen LogP contribution < -0.4 is 16.8 Å². The first-order chi connectivity index (χ1) is 19.9. The van der Waals surface area contributed by atoms with Gasteiger partial charge in [-0.3, -0.25) is 9.13 Å². The first-order valence-electron chi connectivity index (χ1n) is 13.9. The third-order valence-corrected chi connectivity index (χ3v) is 7.55. The van der Waals surface area contributed by atoms with E-state index in [1.807, 2.05) is 18.4 Å². The van der Waals surface area contributed by atoms with E-state index in [1.54, 1.807) is 17.2 Å². The van der Waals surface area contributed by atoms with Gasteiger partial charge in [0.2, 0.25) is 11.9 Å². The highest BCUT2D eigenvalue weighted by Crippen LogP contribution is 2.30. The Hall–Kier alpha value is -3.37. The van der Waals surface area contributed by atoms with Gasteiger partial charge in [0, 0.05) is 6.04 Å². The van der Waals surface area contributed by atoms with E-state index in [1.165, 1.54) is 12.8 Å². The molecule has 15 nitrogen and oxygen atoms in total. The minimum absolute atomic E-state index is 0. The van der Waals surface area contributed by atoms with Gasteiger partial charge < -0.3 is 35.7 Å². The van der Waals surface area contributed by atoms with Crippen LogP contribution in [-0.2, 0) is 18.9 Å². The van der Waals surface area contributed by atoms with Crippen molar-refractivity contribution in [2.24, 2.45) is 0 Å². The molecule has 0 spiro atoms. The zero-order valence-electron chi connectivity index (χ0n) is 22.9. The number of imidazole rings is 2. The Bertz CT molecular complexity index is 1510. The normalized spacial score (nSPS) is 24.2. The van der Waals surface area contributed by atoms with Gasteiger partial charge in [0.25, 0.3) is 0 Å². The maximum absolute atomic E-state index is 5.96. The van der Waals surface area contributed by atoms with Crippen molar-refractivity contribution < 1.29 is 18.9 Å². The molecular weight excluding hydrogens is 566 g/mol. The molecule has 7 rings (SSSR count). The maximum Gasteiger partial charge on any atom is 0.224 e. The second-order valence-electron chi connectivity index (χ2n) is 10.1. The molecule has 4 aromatic heterocycles. The maximum atomic E-state index is 5.96. The van der Waals surface area contributed by atoms with Crippen molar-refractivity contribution in [1.82, 2.24) is 39.0 Å². The van der Waals surface area contributed by atoms with Crippen molar-refractivity contribution >= 4 is 51.6 Å². The van der Waals surface area contributed by atoms with Crippen molar-refractivity contribution in [3.8, 4) is 0 Å². The van der Waals surface area contributed by atoms with E-state index in [2.05, 4.69) is 35.2 Å². The zero-order valence-corrected chi connectivity index (χ0v) is 23.7. The van der Waals surface area contributed by atoms with Crippen molar-refractivity contribution in [2.45, 2.75) is 90.9 Å². The lowest BCUT2D eigenvalue weighted by Gasteiger charge is -2.14. The molecule has 0 bridgehead atoms. The smallest absolute Gasteiger partial charge is 0.224 e. The van der Waals surface area contributed by atoms with Gasteiger partial charge in [-0.15, -0.1) is 0 Å². The number of hydrogen-bond acceptors (Lipinski definition) is 13. The summed E-state index contributed by atoms with van der Waals surface area (Å²) in [6, 6.07) is 0.438. The van der Waals surface area contributed by atoms with Gasteiger partial charge in [0.15, 0.2) is 52.8 Å². The van der Waals surface area contributed by atoms with Crippen LogP contribution >= 0.6 is 11.6 Å². The van der Waals surface area contributed by atoms with Crippen LogP contribution in [0.25, 0.3) is 22.3 Å². The van der Waals surface area contributed by atoms with Crippen LogP contribution in [0.4, 0.5) is 17.7 Å². The van der Waals surface area contributed by atoms with Crippen LogP contribution in [0.1, 0.15) is 72.3 Å². The number of ether oxygens (including phenoxy) is 4.